The molecule has 0 saturated carbocycles. The van der Waals surface area contributed by atoms with Crippen molar-refractivity contribution < 1.29 is 27.8 Å². The average Bonchev–Trinajstić information content (AvgIpc) is 2.41. The van der Waals surface area contributed by atoms with Crippen LogP contribution in [0.15, 0.2) is 47.4 Å². The van der Waals surface area contributed by atoms with E-state index in [1.54, 1.807) is 0 Å². The molecule has 8 heteroatoms. The highest BCUT2D eigenvalue weighted by Crippen LogP contribution is 2.22. The van der Waals surface area contributed by atoms with Crippen LogP contribution >= 0.6 is 0 Å². The van der Waals surface area contributed by atoms with Crippen molar-refractivity contribution in [3.05, 3.63) is 53.8 Å². The lowest BCUT2D eigenvalue weighted by molar-refractivity contribution is -0.268. The Morgan fingerprint density at radius 1 is 1.14 bits per heavy atom. The number of hydrogen-bond donors (Lipinski definition) is 2. The summed E-state index contributed by atoms with van der Waals surface area (Å²) in [7, 11) is -4.00. The van der Waals surface area contributed by atoms with Crippen molar-refractivity contribution in [1.82, 2.24) is 0 Å². The summed E-state index contributed by atoms with van der Waals surface area (Å²) in [5, 5.41) is 20.1. The van der Waals surface area contributed by atoms with Crippen molar-refractivity contribution in [2.75, 3.05) is 4.72 Å². The van der Waals surface area contributed by atoms with E-state index >= 15 is 0 Å². The highest BCUT2D eigenvalue weighted by molar-refractivity contribution is 7.92. The predicted molar refractivity (Wildman–Crippen MR) is 70.1 cm³/mol. The SMILES string of the molecule is O=C(O)c1cc(NS(=O)(=O)c2ccc(F)cc2)ccc1[O-]. The number of sulfonamides is 1. The third-order valence-corrected chi connectivity index (χ3v) is 3.98. The first-order valence-corrected chi connectivity index (χ1v) is 7.10. The fraction of sp³-hybridized carbons (Fsp3) is 0. The van der Waals surface area contributed by atoms with Crippen LogP contribution < -0.4 is 9.83 Å². The minimum atomic E-state index is -4.00. The summed E-state index contributed by atoms with van der Waals surface area (Å²) in [4.78, 5) is 10.6. The van der Waals surface area contributed by atoms with Gasteiger partial charge >= 0.3 is 5.97 Å². The van der Waals surface area contributed by atoms with Gasteiger partial charge < -0.3 is 10.2 Å². The standard InChI is InChI=1S/C13H10FNO5S/c14-8-1-4-10(5-2-8)21(19,20)15-9-3-6-12(16)11(7-9)13(17)18/h1-7,15-16H,(H,17,18)/p-1. The molecule has 6 nitrogen and oxygen atoms in total. The fourth-order valence-corrected chi connectivity index (χ4v) is 2.64. The summed E-state index contributed by atoms with van der Waals surface area (Å²) in [6.45, 7) is 0. The van der Waals surface area contributed by atoms with Crippen molar-refractivity contribution in [1.29, 1.82) is 0 Å². The van der Waals surface area contributed by atoms with Crippen molar-refractivity contribution in [3.8, 4) is 5.75 Å². The number of carbonyl (C=O) groups is 1. The van der Waals surface area contributed by atoms with E-state index in [1.165, 1.54) is 0 Å². The van der Waals surface area contributed by atoms with Crippen LogP contribution in [-0.2, 0) is 10.0 Å². The number of nitrogens with one attached hydrogen (secondary N) is 1. The van der Waals surface area contributed by atoms with Gasteiger partial charge in [0.1, 0.15) is 5.82 Å². The number of benzene rings is 2. The maximum atomic E-state index is 12.8. The van der Waals surface area contributed by atoms with Gasteiger partial charge in [0, 0.05) is 5.69 Å². The smallest absolute Gasteiger partial charge is 0.335 e. The molecule has 0 saturated heterocycles. The predicted octanol–water partition coefficient (Wildman–Crippen LogP) is 1.40. The number of aromatic carboxylic acids is 1. The molecule has 0 atom stereocenters. The molecule has 2 aromatic rings. The van der Waals surface area contributed by atoms with Crippen LogP contribution in [0.25, 0.3) is 0 Å². The van der Waals surface area contributed by atoms with Crippen LogP contribution in [0.1, 0.15) is 10.4 Å². The first kappa shape index (κ1) is 14.8. The van der Waals surface area contributed by atoms with E-state index in [-0.39, 0.29) is 10.6 Å². The molecule has 21 heavy (non-hydrogen) atoms. The normalized spacial score (nSPS) is 11.1. The van der Waals surface area contributed by atoms with Crippen LogP contribution in [0.3, 0.4) is 0 Å². The second-order valence-electron chi connectivity index (χ2n) is 4.08. The molecule has 0 amide bonds. The Kier molecular flexibility index (Phi) is 3.81. The zero-order valence-corrected chi connectivity index (χ0v) is 11.2. The van der Waals surface area contributed by atoms with Gasteiger partial charge in [0.25, 0.3) is 10.0 Å². The maximum Gasteiger partial charge on any atom is 0.335 e. The summed E-state index contributed by atoms with van der Waals surface area (Å²) in [6, 6.07) is 7.12. The second kappa shape index (κ2) is 5.41. The summed E-state index contributed by atoms with van der Waals surface area (Å²) in [6.07, 6.45) is 0. The lowest BCUT2D eigenvalue weighted by atomic mass is 10.2. The van der Waals surface area contributed by atoms with Gasteiger partial charge in [0.05, 0.1) is 10.5 Å². The summed E-state index contributed by atoms with van der Waals surface area (Å²) < 4.78 is 38.9. The van der Waals surface area contributed by atoms with Gasteiger partial charge in [-0.15, -0.1) is 0 Å². The van der Waals surface area contributed by atoms with E-state index in [1.807, 2.05) is 0 Å². The van der Waals surface area contributed by atoms with E-state index in [9.17, 15) is 22.7 Å². The van der Waals surface area contributed by atoms with Gasteiger partial charge in [-0.1, -0.05) is 11.8 Å². The maximum absolute atomic E-state index is 12.8. The molecule has 0 bridgehead atoms. The number of rotatable bonds is 4. The fourth-order valence-electron chi connectivity index (χ4n) is 1.59. The summed E-state index contributed by atoms with van der Waals surface area (Å²) in [5.41, 5.74) is -0.620. The number of carboxylic acids is 1. The molecule has 0 fully saturated rings. The Morgan fingerprint density at radius 3 is 2.33 bits per heavy atom. The molecule has 2 aromatic carbocycles. The monoisotopic (exact) mass is 310 g/mol. The third-order valence-electron chi connectivity index (χ3n) is 2.59. The molecule has 0 radical (unpaired) electrons. The third kappa shape index (κ3) is 3.29. The van der Waals surface area contributed by atoms with Gasteiger partial charge in [-0.25, -0.2) is 17.6 Å². The van der Waals surface area contributed by atoms with Crippen molar-refractivity contribution in [2.24, 2.45) is 0 Å². The highest BCUT2D eigenvalue weighted by atomic mass is 32.2. The van der Waals surface area contributed by atoms with Gasteiger partial charge in [-0.3, -0.25) is 4.72 Å². The van der Waals surface area contributed by atoms with Gasteiger partial charge in [0.2, 0.25) is 0 Å². The largest absolute Gasteiger partial charge is 0.872 e. The Morgan fingerprint density at radius 2 is 1.76 bits per heavy atom. The van der Waals surface area contributed by atoms with Crippen LogP contribution in [0.5, 0.6) is 5.75 Å². The van der Waals surface area contributed by atoms with Gasteiger partial charge in [0.15, 0.2) is 0 Å². The molecule has 0 aromatic heterocycles. The zero-order valence-electron chi connectivity index (χ0n) is 10.4. The van der Waals surface area contributed by atoms with E-state index < -0.39 is 33.1 Å². The van der Waals surface area contributed by atoms with Crippen molar-refractivity contribution >= 4 is 21.7 Å². The van der Waals surface area contributed by atoms with Gasteiger partial charge in [-0.05, 0) is 36.4 Å². The number of halogens is 1. The quantitative estimate of drug-likeness (QED) is 0.887. The molecular weight excluding hydrogens is 301 g/mol. The highest BCUT2D eigenvalue weighted by Gasteiger charge is 2.15. The van der Waals surface area contributed by atoms with Crippen molar-refractivity contribution in [3.63, 3.8) is 0 Å². The summed E-state index contributed by atoms with van der Waals surface area (Å²) in [5.74, 6) is -2.77. The Labute approximate surface area is 119 Å². The Bertz CT molecular complexity index is 787. The molecule has 2 N–H and O–H groups in total. The van der Waals surface area contributed by atoms with E-state index in [2.05, 4.69) is 4.72 Å². The number of hydrogen-bond acceptors (Lipinski definition) is 4. The van der Waals surface area contributed by atoms with Crippen molar-refractivity contribution in [2.45, 2.75) is 4.90 Å². The van der Waals surface area contributed by atoms with E-state index in [0.717, 1.165) is 42.5 Å². The molecule has 0 aliphatic carbocycles. The Hall–Kier alpha value is -2.61. The Balaban J connectivity index is 2.35. The number of anilines is 1. The topological polar surface area (TPSA) is 107 Å². The molecular formula is C13H9FNO5S-. The second-order valence-corrected chi connectivity index (χ2v) is 5.76. The lowest BCUT2D eigenvalue weighted by Crippen LogP contribution is -2.14. The number of carboxylic acid groups (broad SMARTS) is 1. The van der Waals surface area contributed by atoms with E-state index in [4.69, 9.17) is 5.11 Å². The minimum Gasteiger partial charge on any atom is -0.872 e. The van der Waals surface area contributed by atoms with Crippen LogP contribution in [0.4, 0.5) is 10.1 Å². The molecule has 0 aliphatic rings. The average molecular weight is 310 g/mol. The summed E-state index contributed by atoms with van der Waals surface area (Å²) >= 11 is 0. The van der Waals surface area contributed by atoms with Gasteiger partial charge in [-0.2, -0.15) is 0 Å². The molecule has 0 unspecified atom stereocenters. The van der Waals surface area contributed by atoms with E-state index in [0.29, 0.717) is 0 Å². The van der Waals surface area contributed by atoms with Crippen LogP contribution in [-0.4, -0.2) is 19.5 Å². The zero-order chi connectivity index (χ0) is 15.6. The molecule has 0 heterocycles. The first-order chi connectivity index (χ1) is 9.79. The first-order valence-electron chi connectivity index (χ1n) is 5.62. The van der Waals surface area contributed by atoms with Crippen LogP contribution in [0, 0.1) is 5.82 Å². The minimum absolute atomic E-state index is 0.0728. The molecule has 0 spiro atoms. The molecule has 2 rings (SSSR count). The lowest BCUT2D eigenvalue weighted by Gasteiger charge is -2.13. The molecule has 110 valence electrons. The van der Waals surface area contributed by atoms with Crippen LogP contribution in [0.2, 0.25) is 0 Å². The molecule has 0 aliphatic heterocycles.